The predicted octanol–water partition coefficient (Wildman–Crippen LogP) is 4.68. The number of anilines is 1. The largest absolute Gasteiger partial charge is 0.369 e. The molecule has 0 atom stereocenters. The third-order valence-corrected chi connectivity index (χ3v) is 5.31. The number of pyridine rings is 1. The van der Waals surface area contributed by atoms with Gasteiger partial charge in [-0.25, -0.2) is 4.98 Å². The van der Waals surface area contributed by atoms with Gasteiger partial charge in [-0.2, -0.15) is 0 Å². The normalized spacial score (nSPS) is 18.3. The minimum absolute atomic E-state index is 0.514. The summed E-state index contributed by atoms with van der Waals surface area (Å²) in [4.78, 5) is 4.50. The van der Waals surface area contributed by atoms with E-state index in [0.29, 0.717) is 5.41 Å². The molecule has 0 unspecified atom stereocenters. The molecule has 2 aromatic heterocycles. The van der Waals surface area contributed by atoms with E-state index in [1.54, 1.807) is 11.3 Å². The zero-order chi connectivity index (χ0) is 12.4. The fourth-order valence-corrected chi connectivity index (χ4v) is 3.87. The first-order valence-electron chi connectivity index (χ1n) is 6.89. The topological polar surface area (TPSA) is 24.9 Å². The Balaban J connectivity index is 1.78. The summed E-state index contributed by atoms with van der Waals surface area (Å²) in [6, 6.07) is 4.26. The van der Waals surface area contributed by atoms with E-state index >= 15 is 0 Å². The van der Waals surface area contributed by atoms with Gasteiger partial charge >= 0.3 is 0 Å². The van der Waals surface area contributed by atoms with Crippen LogP contribution < -0.4 is 5.32 Å². The Morgan fingerprint density at radius 2 is 2.17 bits per heavy atom. The molecule has 0 amide bonds. The lowest BCUT2D eigenvalue weighted by Gasteiger charge is -2.28. The average molecular weight is 260 g/mol. The zero-order valence-electron chi connectivity index (χ0n) is 10.9. The van der Waals surface area contributed by atoms with Gasteiger partial charge in [0.05, 0.1) is 0 Å². The van der Waals surface area contributed by atoms with Crippen molar-refractivity contribution in [1.29, 1.82) is 0 Å². The van der Waals surface area contributed by atoms with Crippen molar-refractivity contribution in [2.24, 2.45) is 5.41 Å². The third-order valence-electron chi connectivity index (χ3n) is 4.42. The van der Waals surface area contributed by atoms with Crippen LogP contribution in [-0.2, 0) is 0 Å². The van der Waals surface area contributed by atoms with Crippen LogP contribution in [-0.4, -0.2) is 11.5 Å². The lowest BCUT2D eigenvalue weighted by molar-refractivity contribution is 0.306. The molecule has 18 heavy (non-hydrogen) atoms. The van der Waals surface area contributed by atoms with Crippen molar-refractivity contribution in [2.45, 2.75) is 39.0 Å². The first kappa shape index (κ1) is 12.0. The molecule has 1 saturated carbocycles. The average Bonchev–Trinajstić information content (AvgIpc) is 3.06. The minimum atomic E-state index is 0.514. The van der Waals surface area contributed by atoms with Crippen molar-refractivity contribution in [3.63, 3.8) is 0 Å². The van der Waals surface area contributed by atoms with Gasteiger partial charge in [0.15, 0.2) is 0 Å². The summed E-state index contributed by atoms with van der Waals surface area (Å²) in [7, 11) is 0. The van der Waals surface area contributed by atoms with Gasteiger partial charge in [0, 0.05) is 22.8 Å². The van der Waals surface area contributed by atoms with E-state index in [0.717, 1.165) is 12.4 Å². The maximum Gasteiger partial charge on any atom is 0.134 e. The van der Waals surface area contributed by atoms with Crippen LogP contribution in [0.25, 0.3) is 10.1 Å². The van der Waals surface area contributed by atoms with E-state index in [9.17, 15) is 0 Å². The van der Waals surface area contributed by atoms with Crippen LogP contribution >= 0.6 is 11.3 Å². The molecule has 3 rings (SSSR count). The lowest BCUT2D eigenvalue weighted by Crippen LogP contribution is -2.26. The Labute approximate surface area is 112 Å². The number of hydrogen-bond acceptors (Lipinski definition) is 3. The van der Waals surface area contributed by atoms with Crippen LogP contribution in [0.15, 0.2) is 23.7 Å². The molecule has 2 nitrogen and oxygen atoms in total. The molecular weight excluding hydrogens is 240 g/mol. The van der Waals surface area contributed by atoms with E-state index in [4.69, 9.17) is 0 Å². The number of thiophene rings is 1. The second-order valence-corrected chi connectivity index (χ2v) is 6.35. The zero-order valence-corrected chi connectivity index (χ0v) is 11.7. The highest BCUT2D eigenvalue weighted by molar-refractivity contribution is 7.17. The monoisotopic (exact) mass is 260 g/mol. The van der Waals surface area contributed by atoms with Gasteiger partial charge in [0.1, 0.15) is 5.82 Å². The van der Waals surface area contributed by atoms with Gasteiger partial charge in [0.25, 0.3) is 0 Å². The molecule has 3 heteroatoms. The summed E-state index contributed by atoms with van der Waals surface area (Å²) in [5.74, 6) is 1.06. The van der Waals surface area contributed by atoms with Crippen LogP contribution in [0, 0.1) is 5.41 Å². The number of aromatic nitrogens is 1. The maximum absolute atomic E-state index is 4.50. The van der Waals surface area contributed by atoms with Gasteiger partial charge in [-0.3, -0.25) is 0 Å². The molecular formula is C15H20N2S. The van der Waals surface area contributed by atoms with Crippen LogP contribution in [0.2, 0.25) is 0 Å². The van der Waals surface area contributed by atoms with Gasteiger partial charge in [-0.1, -0.05) is 19.8 Å². The molecule has 0 aromatic carbocycles. The second-order valence-electron chi connectivity index (χ2n) is 5.41. The lowest BCUT2D eigenvalue weighted by atomic mass is 9.83. The number of fused-ring (bicyclic) bond motifs is 1. The van der Waals surface area contributed by atoms with Crippen molar-refractivity contribution in [3.8, 4) is 0 Å². The molecule has 0 spiro atoms. The standard InChI is InChI=1S/C15H20N2S/c1-2-15(7-3-4-8-15)11-17-14-12-6-10-18-13(12)5-9-16-14/h5-6,9-10H,2-4,7-8,11H2,1H3,(H,16,17). The summed E-state index contributed by atoms with van der Waals surface area (Å²) in [5.41, 5.74) is 0.514. The predicted molar refractivity (Wildman–Crippen MR) is 79.3 cm³/mol. The second kappa shape index (κ2) is 4.88. The Kier molecular flexibility index (Phi) is 3.25. The molecule has 0 saturated heterocycles. The highest BCUT2D eigenvalue weighted by Crippen LogP contribution is 2.41. The Morgan fingerprint density at radius 1 is 1.33 bits per heavy atom. The van der Waals surface area contributed by atoms with Crippen molar-refractivity contribution in [1.82, 2.24) is 4.98 Å². The first-order chi connectivity index (χ1) is 8.83. The summed E-state index contributed by atoms with van der Waals surface area (Å²) >= 11 is 1.78. The van der Waals surface area contributed by atoms with Crippen molar-refractivity contribution >= 4 is 27.2 Å². The number of nitrogens with zero attached hydrogens (tertiary/aromatic N) is 1. The first-order valence-corrected chi connectivity index (χ1v) is 7.77. The van der Waals surface area contributed by atoms with Crippen LogP contribution in [0.4, 0.5) is 5.82 Å². The van der Waals surface area contributed by atoms with E-state index in [2.05, 4.69) is 34.7 Å². The van der Waals surface area contributed by atoms with Crippen molar-refractivity contribution < 1.29 is 0 Å². The Morgan fingerprint density at radius 3 is 2.94 bits per heavy atom. The fourth-order valence-electron chi connectivity index (χ4n) is 3.09. The molecule has 2 heterocycles. The van der Waals surface area contributed by atoms with E-state index in [1.165, 1.54) is 42.2 Å². The molecule has 0 radical (unpaired) electrons. The SMILES string of the molecule is CCC1(CNc2nccc3sccc23)CCCC1. The third kappa shape index (κ3) is 2.12. The molecule has 96 valence electrons. The summed E-state index contributed by atoms with van der Waals surface area (Å²) in [6.07, 6.45) is 8.72. The summed E-state index contributed by atoms with van der Waals surface area (Å²) < 4.78 is 1.32. The molecule has 1 N–H and O–H groups in total. The summed E-state index contributed by atoms with van der Waals surface area (Å²) in [5, 5.41) is 7.01. The van der Waals surface area contributed by atoms with Crippen LogP contribution in [0.5, 0.6) is 0 Å². The van der Waals surface area contributed by atoms with Gasteiger partial charge < -0.3 is 5.32 Å². The smallest absolute Gasteiger partial charge is 0.134 e. The molecule has 0 aliphatic heterocycles. The van der Waals surface area contributed by atoms with Gasteiger partial charge in [-0.15, -0.1) is 11.3 Å². The van der Waals surface area contributed by atoms with Crippen molar-refractivity contribution in [2.75, 3.05) is 11.9 Å². The quantitative estimate of drug-likeness (QED) is 0.863. The highest BCUT2D eigenvalue weighted by Gasteiger charge is 2.31. The van der Waals surface area contributed by atoms with Gasteiger partial charge in [0.2, 0.25) is 0 Å². The summed E-state index contributed by atoms with van der Waals surface area (Å²) in [6.45, 7) is 3.40. The van der Waals surface area contributed by atoms with Crippen molar-refractivity contribution in [3.05, 3.63) is 23.7 Å². The number of hydrogen-bond donors (Lipinski definition) is 1. The van der Waals surface area contributed by atoms with Crippen LogP contribution in [0.3, 0.4) is 0 Å². The fraction of sp³-hybridized carbons (Fsp3) is 0.533. The highest BCUT2D eigenvalue weighted by atomic mass is 32.1. The molecule has 1 aliphatic carbocycles. The molecule has 1 fully saturated rings. The molecule has 0 bridgehead atoms. The van der Waals surface area contributed by atoms with E-state index < -0.39 is 0 Å². The minimum Gasteiger partial charge on any atom is -0.369 e. The molecule has 1 aliphatic rings. The molecule has 2 aromatic rings. The van der Waals surface area contributed by atoms with Crippen LogP contribution in [0.1, 0.15) is 39.0 Å². The number of rotatable bonds is 4. The Hall–Kier alpha value is -1.09. The van der Waals surface area contributed by atoms with Gasteiger partial charge in [-0.05, 0) is 42.2 Å². The van der Waals surface area contributed by atoms with E-state index in [-0.39, 0.29) is 0 Å². The maximum atomic E-state index is 4.50. The number of nitrogens with one attached hydrogen (secondary N) is 1. The van der Waals surface area contributed by atoms with E-state index in [1.807, 2.05) is 6.20 Å². The Bertz CT molecular complexity index is 526.